The Labute approximate surface area is 109 Å². The van der Waals surface area contributed by atoms with E-state index in [2.05, 4.69) is 0 Å². The highest BCUT2D eigenvalue weighted by atomic mass is 19.1. The van der Waals surface area contributed by atoms with Crippen molar-refractivity contribution < 1.29 is 9.50 Å². The fraction of sp³-hybridized carbons (Fsp3) is 0.625. The van der Waals surface area contributed by atoms with E-state index in [-0.39, 0.29) is 5.82 Å². The molecular weight excluding hydrogens is 227 g/mol. The van der Waals surface area contributed by atoms with Crippen molar-refractivity contribution in [3.05, 3.63) is 35.6 Å². The van der Waals surface area contributed by atoms with Crippen molar-refractivity contribution in [2.45, 2.75) is 57.5 Å². The van der Waals surface area contributed by atoms with Gasteiger partial charge in [-0.2, -0.15) is 0 Å². The standard InChI is InChI=1S/C16H23FO/c1-16(18,14-6-4-2-3-5-7-14)12-13-8-10-15(17)11-9-13/h8-11,14,18H,2-7,12H2,1H3. The number of hydrogen-bond acceptors (Lipinski definition) is 1. The second-order valence-corrected chi connectivity index (χ2v) is 5.85. The van der Waals surface area contributed by atoms with E-state index in [1.165, 1.54) is 37.8 Å². The molecule has 2 heteroatoms. The molecule has 0 radical (unpaired) electrons. The molecule has 0 heterocycles. The van der Waals surface area contributed by atoms with Crippen molar-refractivity contribution in [2.24, 2.45) is 5.92 Å². The zero-order valence-electron chi connectivity index (χ0n) is 11.2. The predicted molar refractivity (Wildman–Crippen MR) is 71.9 cm³/mol. The maximum absolute atomic E-state index is 12.9. The summed E-state index contributed by atoms with van der Waals surface area (Å²) >= 11 is 0. The van der Waals surface area contributed by atoms with Crippen LogP contribution in [0.5, 0.6) is 0 Å². The number of halogens is 1. The summed E-state index contributed by atoms with van der Waals surface area (Å²) in [6, 6.07) is 6.50. The second-order valence-electron chi connectivity index (χ2n) is 5.85. The maximum Gasteiger partial charge on any atom is 0.123 e. The van der Waals surface area contributed by atoms with Crippen LogP contribution in [0.4, 0.5) is 4.39 Å². The highest BCUT2D eigenvalue weighted by molar-refractivity contribution is 5.18. The lowest BCUT2D eigenvalue weighted by Crippen LogP contribution is -2.36. The zero-order chi connectivity index (χ0) is 13.0. The third kappa shape index (κ3) is 3.55. The van der Waals surface area contributed by atoms with E-state index in [0.29, 0.717) is 12.3 Å². The summed E-state index contributed by atoms with van der Waals surface area (Å²) in [5.41, 5.74) is 0.355. The lowest BCUT2D eigenvalue weighted by atomic mass is 9.79. The molecule has 1 atom stereocenters. The molecule has 1 aliphatic carbocycles. The molecule has 1 unspecified atom stereocenters. The van der Waals surface area contributed by atoms with Gasteiger partial charge >= 0.3 is 0 Å². The minimum atomic E-state index is -0.665. The topological polar surface area (TPSA) is 20.2 Å². The van der Waals surface area contributed by atoms with Crippen LogP contribution in [-0.4, -0.2) is 10.7 Å². The van der Waals surface area contributed by atoms with E-state index >= 15 is 0 Å². The number of aliphatic hydroxyl groups is 1. The Kier molecular flexibility index (Phi) is 4.39. The van der Waals surface area contributed by atoms with Gasteiger partial charge in [-0.05, 0) is 43.4 Å². The van der Waals surface area contributed by atoms with E-state index in [0.717, 1.165) is 18.4 Å². The van der Waals surface area contributed by atoms with Gasteiger partial charge in [-0.3, -0.25) is 0 Å². The third-order valence-electron chi connectivity index (χ3n) is 4.21. The molecule has 18 heavy (non-hydrogen) atoms. The van der Waals surface area contributed by atoms with Gasteiger partial charge in [0.15, 0.2) is 0 Å². The van der Waals surface area contributed by atoms with Gasteiger partial charge in [0.1, 0.15) is 5.82 Å². The Morgan fingerprint density at radius 3 is 2.22 bits per heavy atom. The maximum atomic E-state index is 12.9. The molecule has 0 bridgehead atoms. The third-order valence-corrected chi connectivity index (χ3v) is 4.21. The molecule has 0 saturated heterocycles. The minimum Gasteiger partial charge on any atom is -0.390 e. The number of rotatable bonds is 3. The van der Waals surface area contributed by atoms with Gasteiger partial charge in [0, 0.05) is 6.42 Å². The zero-order valence-corrected chi connectivity index (χ0v) is 11.2. The van der Waals surface area contributed by atoms with Crippen molar-refractivity contribution in [1.29, 1.82) is 0 Å². The first-order chi connectivity index (χ1) is 8.58. The Balaban J connectivity index is 2.02. The average Bonchev–Trinajstić information content (AvgIpc) is 2.61. The number of hydrogen-bond donors (Lipinski definition) is 1. The minimum absolute atomic E-state index is 0.215. The van der Waals surface area contributed by atoms with E-state index in [9.17, 15) is 9.50 Å². The molecule has 2 rings (SSSR count). The number of benzene rings is 1. The van der Waals surface area contributed by atoms with Gasteiger partial charge in [-0.25, -0.2) is 4.39 Å². The van der Waals surface area contributed by atoms with Crippen molar-refractivity contribution in [1.82, 2.24) is 0 Å². The van der Waals surface area contributed by atoms with Crippen LogP contribution >= 0.6 is 0 Å². The van der Waals surface area contributed by atoms with Crippen molar-refractivity contribution in [2.75, 3.05) is 0 Å². The van der Waals surface area contributed by atoms with Crippen LogP contribution in [0, 0.1) is 11.7 Å². The summed E-state index contributed by atoms with van der Waals surface area (Å²) in [5, 5.41) is 10.7. The molecule has 1 N–H and O–H groups in total. The fourth-order valence-corrected chi connectivity index (χ4v) is 3.06. The summed E-state index contributed by atoms with van der Waals surface area (Å²) in [5.74, 6) is 0.165. The van der Waals surface area contributed by atoms with Crippen LogP contribution in [0.1, 0.15) is 51.0 Å². The van der Waals surface area contributed by atoms with Crippen molar-refractivity contribution in [3.63, 3.8) is 0 Å². The smallest absolute Gasteiger partial charge is 0.123 e. The first kappa shape index (κ1) is 13.5. The lowest BCUT2D eigenvalue weighted by Gasteiger charge is -2.32. The Hall–Kier alpha value is -0.890. The average molecular weight is 250 g/mol. The summed E-state index contributed by atoms with van der Waals surface area (Å²) in [7, 11) is 0. The monoisotopic (exact) mass is 250 g/mol. The molecular formula is C16H23FO. The van der Waals surface area contributed by atoms with Crippen LogP contribution in [0.3, 0.4) is 0 Å². The molecule has 0 aliphatic heterocycles. The molecule has 1 nitrogen and oxygen atoms in total. The summed E-state index contributed by atoms with van der Waals surface area (Å²) in [4.78, 5) is 0. The van der Waals surface area contributed by atoms with Gasteiger partial charge in [0.25, 0.3) is 0 Å². The molecule has 1 fully saturated rings. The van der Waals surface area contributed by atoms with Crippen LogP contribution in [0.25, 0.3) is 0 Å². The Bertz CT molecular complexity index is 361. The second kappa shape index (κ2) is 5.83. The van der Waals surface area contributed by atoms with E-state index in [1.807, 2.05) is 6.92 Å². The van der Waals surface area contributed by atoms with Gasteiger partial charge in [0.05, 0.1) is 5.60 Å². The lowest BCUT2D eigenvalue weighted by molar-refractivity contribution is -0.00716. The summed E-state index contributed by atoms with van der Waals surface area (Å²) < 4.78 is 12.9. The molecule has 1 aliphatic rings. The molecule has 100 valence electrons. The van der Waals surface area contributed by atoms with E-state index in [4.69, 9.17) is 0 Å². The Morgan fingerprint density at radius 1 is 1.11 bits per heavy atom. The summed E-state index contributed by atoms with van der Waals surface area (Å²) in [6.07, 6.45) is 7.90. The molecule has 0 aromatic heterocycles. The fourth-order valence-electron chi connectivity index (χ4n) is 3.06. The highest BCUT2D eigenvalue weighted by Gasteiger charge is 2.32. The van der Waals surface area contributed by atoms with Gasteiger partial charge in [-0.15, -0.1) is 0 Å². The van der Waals surface area contributed by atoms with Crippen LogP contribution in [-0.2, 0) is 6.42 Å². The van der Waals surface area contributed by atoms with E-state index in [1.54, 1.807) is 12.1 Å². The summed E-state index contributed by atoms with van der Waals surface area (Å²) in [6.45, 7) is 1.94. The SMILES string of the molecule is CC(O)(Cc1ccc(F)cc1)C1CCCCCC1. The molecule has 1 saturated carbocycles. The highest BCUT2D eigenvalue weighted by Crippen LogP contribution is 2.33. The molecule has 1 aromatic carbocycles. The Morgan fingerprint density at radius 2 is 1.67 bits per heavy atom. The first-order valence-corrected chi connectivity index (χ1v) is 7.05. The van der Waals surface area contributed by atoms with Gasteiger partial charge < -0.3 is 5.11 Å². The van der Waals surface area contributed by atoms with Crippen molar-refractivity contribution >= 4 is 0 Å². The largest absolute Gasteiger partial charge is 0.390 e. The normalized spacial score (nSPS) is 21.3. The van der Waals surface area contributed by atoms with Gasteiger partial charge in [0.2, 0.25) is 0 Å². The van der Waals surface area contributed by atoms with Crippen molar-refractivity contribution in [3.8, 4) is 0 Å². The molecule has 1 aromatic rings. The van der Waals surface area contributed by atoms with E-state index < -0.39 is 5.60 Å². The molecule has 0 amide bonds. The van der Waals surface area contributed by atoms with Crippen LogP contribution in [0.2, 0.25) is 0 Å². The predicted octanol–water partition coefficient (Wildman–Crippen LogP) is 4.09. The van der Waals surface area contributed by atoms with Gasteiger partial charge in [-0.1, -0.05) is 37.8 Å². The molecule has 0 spiro atoms. The van der Waals surface area contributed by atoms with Crippen LogP contribution in [0.15, 0.2) is 24.3 Å². The first-order valence-electron chi connectivity index (χ1n) is 7.05. The van der Waals surface area contributed by atoms with Crippen LogP contribution < -0.4 is 0 Å². The quantitative estimate of drug-likeness (QED) is 0.801.